The Morgan fingerprint density at radius 3 is 2.87 bits per heavy atom. The molecule has 23 heavy (non-hydrogen) atoms. The molecule has 2 fully saturated rings. The van der Waals surface area contributed by atoms with E-state index in [0.29, 0.717) is 12.2 Å². The predicted molar refractivity (Wildman–Crippen MR) is 86.7 cm³/mol. The van der Waals surface area contributed by atoms with Crippen LogP contribution in [0, 0.1) is 11.2 Å². The Morgan fingerprint density at radius 2 is 2.13 bits per heavy atom. The number of thiazole rings is 1. The lowest BCUT2D eigenvalue weighted by molar-refractivity contribution is 0.00190. The van der Waals surface area contributed by atoms with Crippen LogP contribution < -0.4 is 0 Å². The topological polar surface area (TPSA) is 36.4 Å². The van der Waals surface area contributed by atoms with Crippen LogP contribution in [0.2, 0.25) is 0 Å². The predicted octanol–water partition coefficient (Wildman–Crippen LogP) is 2.63. The third kappa shape index (κ3) is 2.77. The fraction of sp³-hybridized carbons (Fsp3) is 0.412. The number of carbonyl (C=O) groups is 1. The first kappa shape index (κ1) is 14.8. The van der Waals surface area contributed by atoms with E-state index in [1.54, 1.807) is 17.0 Å². The van der Waals surface area contributed by atoms with E-state index in [1.165, 1.54) is 17.4 Å². The highest BCUT2D eigenvalue weighted by molar-refractivity contribution is 7.07. The van der Waals surface area contributed by atoms with E-state index >= 15 is 0 Å². The van der Waals surface area contributed by atoms with Crippen LogP contribution in [0.15, 0.2) is 35.2 Å². The zero-order valence-electron chi connectivity index (χ0n) is 12.7. The highest BCUT2D eigenvalue weighted by Crippen LogP contribution is 2.40. The molecule has 1 amide bonds. The molecular formula is C17H18FN3OS. The molecule has 3 heterocycles. The van der Waals surface area contributed by atoms with Crippen LogP contribution in [-0.4, -0.2) is 46.9 Å². The third-order valence-electron chi connectivity index (χ3n) is 4.85. The Bertz CT molecular complexity index is 712. The number of amides is 1. The Kier molecular flexibility index (Phi) is 3.66. The van der Waals surface area contributed by atoms with Crippen molar-refractivity contribution in [3.63, 3.8) is 0 Å². The molecule has 4 nitrogen and oxygen atoms in total. The molecule has 0 atom stereocenters. The molecule has 1 spiro atoms. The van der Waals surface area contributed by atoms with Gasteiger partial charge in [-0.05, 0) is 12.5 Å². The molecule has 2 saturated heterocycles. The molecule has 6 heteroatoms. The van der Waals surface area contributed by atoms with Gasteiger partial charge in [0.25, 0.3) is 5.91 Å². The van der Waals surface area contributed by atoms with E-state index < -0.39 is 0 Å². The van der Waals surface area contributed by atoms with Gasteiger partial charge in [0.2, 0.25) is 0 Å². The number of benzene rings is 1. The lowest BCUT2D eigenvalue weighted by Gasteiger charge is -2.48. The van der Waals surface area contributed by atoms with Gasteiger partial charge in [-0.2, -0.15) is 0 Å². The molecule has 0 N–H and O–H groups in total. The Hall–Kier alpha value is -1.79. The monoisotopic (exact) mass is 331 g/mol. The Labute approximate surface area is 138 Å². The fourth-order valence-electron chi connectivity index (χ4n) is 3.73. The summed E-state index contributed by atoms with van der Waals surface area (Å²) in [6, 6.07) is 6.94. The summed E-state index contributed by atoms with van der Waals surface area (Å²) < 4.78 is 13.7. The van der Waals surface area contributed by atoms with Crippen molar-refractivity contribution < 1.29 is 9.18 Å². The zero-order valence-corrected chi connectivity index (χ0v) is 13.6. The summed E-state index contributed by atoms with van der Waals surface area (Å²) in [6.07, 6.45) is 1.02. The van der Waals surface area contributed by atoms with Crippen LogP contribution in [-0.2, 0) is 6.54 Å². The van der Waals surface area contributed by atoms with Gasteiger partial charge in [-0.25, -0.2) is 9.37 Å². The van der Waals surface area contributed by atoms with Crippen molar-refractivity contribution in [3.05, 3.63) is 52.2 Å². The van der Waals surface area contributed by atoms with Gasteiger partial charge in [-0.1, -0.05) is 18.2 Å². The quantitative estimate of drug-likeness (QED) is 0.867. The van der Waals surface area contributed by atoms with E-state index in [9.17, 15) is 9.18 Å². The first-order valence-electron chi connectivity index (χ1n) is 7.78. The summed E-state index contributed by atoms with van der Waals surface area (Å²) in [7, 11) is 0. The van der Waals surface area contributed by atoms with E-state index in [2.05, 4.69) is 9.88 Å². The molecule has 0 aliphatic carbocycles. The summed E-state index contributed by atoms with van der Waals surface area (Å²) in [6.45, 7) is 4.10. The number of halogens is 1. The van der Waals surface area contributed by atoms with Gasteiger partial charge in [0.15, 0.2) is 0 Å². The van der Waals surface area contributed by atoms with Crippen molar-refractivity contribution in [2.24, 2.45) is 5.41 Å². The van der Waals surface area contributed by atoms with Gasteiger partial charge in [0.05, 0.1) is 5.51 Å². The van der Waals surface area contributed by atoms with Crippen LogP contribution in [0.1, 0.15) is 22.5 Å². The molecule has 1 aromatic heterocycles. The molecular weight excluding hydrogens is 313 g/mol. The normalized spacial score (nSPS) is 20.0. The largest absolute Gasteiger partial charge is 0.337 e. The summed E-state index contributed by atoms with van der Waals surface area (Å²) in [4.78, 5) is 20.6. The van der Waals surface area contributed by atoms with Crippen LogP contribution in [0.3, 0.4) is 0 Å². The molecule has 2 aliphatic heterocycles. The average molecular weight is 331 g/mol. The average Bonchev–Trinajstić information content (AvgIpc) is 3.17. The van der Waals surface area contributed by atoms with Crippen molar-refractivity contribution in [2.45, 2.75) is 13.0 Å². The van der Waals surface area contributed by atoms with E-state index in [4.69, 9.17) is 0 Å². The number of nitrogens with zero attached hydrogens (tertiary/aromatic N) is 3. The molecule has 0 bridgehead atoms. The van der Waals surface area contributed by atoms with E-state index in [0.717, 1.165) is 38.2 Å². The first-order valence-corrected chi connectivity index (χ1v) is 8.73. The summed E-state index contributed by atoms with van der Waals surface area (Å²) in [5, 5.41) is 1.80. The minimum absolute atomic E-state index is 0.0377. The molecule has 4 rings (SSSR count). The Morgan fingerprint density at radius 1 is 1.30 bits per heavy atom. The van der Waals surface area contributed by atoms with Crippen LogP contribution in [0.5, 0.6) is 0 Å². The zero-order chi connectivity index (χ0) is 15.9. The molecule has 0 radical (unpaired) electrons. The number of likely N-dealkylation sites (tertiary alicyclic amines) is 2. The SMILES string of the molecule is O=C(c1cscn1)N1CCC2(CN(Cc3ccccc3F)C2)C1. The van der Waals surface area contributed by atoms with E-state index in [1.807, 2.05) is 17.0 Å². The molecule has 1 aromatic carbocycles. The van der Waals surface area contributed by atoms with Gasteiger partial charge >= 0.3 is 0 Å². The van der Waals surface area contributed by atoms with Crippen molar-refractivity contribution in [2.75, 3.05) is 26.2 Å². The van der Waals surface area contributed by atoms with Crippen molar-refractivity contribution in [3.8, 4) is 0 Å². The minimum Gasteiger partial charge on any atom is -0.337 e. The standard InChI is InChI=1S/C17H18FN3OS/c18-14-4-2-1-3-13(14)7-20-9-17(10-20)5-6-21(11-17)16(22)15-8-23-12-19-15/h1-4,8,12H,5-7,9-11H2. The van der Waals surface area contributed by atoms with Gasteiger partial charge in [-0.3, -0.25) is 9.69 Å². The molecule has 2 aromatic rings. The second-order valence-corrected chi connectivity index (χ2v) is 7.31. The molecule has 120 valence electrons. The molecule has 0 saturated carbocycles. The summed E-state index contributed by atoms with van der Waals surface area (Å²) >= 11 is 1.45. The second-order valence-electron chi connectivity index (χ2n) is 6.59. The van der Waals surface area contributed by atoms with Crippen LogP contribution in [0.4, 0.5) is 4.39 Å². The summed E-state index contributed by atoms with van der Waals surface area (Å²) in [5.41, 5.74) is 3.18. The lowest BCUT2D eigenvalue weighted by atomic mass is 9.79. The highest BCUT2D eigenvalue weighted by atomic mass is 32.1. The van der Waals surface area contributed by atoms with Crippen molar-refractivity contribution in [1.29, 1.82) is 0 Å². The number of hydrogen-bond donors (Lipinski definition) is 0. The van der Waals surface area contributed by atoms with Crippen LogP contribution in [0.25, 0.3) is 0 Å². The van der Waals surface area contributed by atoms with Gasteiger partial charge in [-0.15, -0.1) is 11.3 Å². The minimum atomic E-state index is -0.139. The number of aromatic nitrogens is 1. The van der Waals surface area contributed by atoms with Crippen molar-refractivity contribution in [1.82, 2.24) is 14.8 Å². The first-order chi connectivity index (χ1) is 11.2. The van der Waals surface area contributed by atoms with E-state index in [-0.39, 0.29) is 17.1 Å². The van der Waals surface area contributed by atoms with Crippen molar-refractivity contribution >= 4 is 17.2 Å². The fourth-order valence-corrected chi connectivity index (χ4v) is 4.25. The molecule has 0 unspecified atom stereocenters. The Balaban J connectivity index is 1.35. The third-order valence-corrected chi connectivity index (χ3v) is 5.43. The maximum atomic E-state index is 13.7. The highest BCUT2D eigenvalue weighted by Gasteiger charge is 2.48. The number of hydrogen-bond acceptors (Lipinski definition) is 4. The van der Waals surface area contributed by atoms with Gasteiger partial charge in [0.1, 0.15) is 11.5 Å². The number of carbonyl (C=O) groups excluding carboxylic acids is 1. The maximum absolute atomic E-state index is 13.7. The van der Waals surface area contributed by atoms with Gasteiger partial charge < -0.3 is 4.90 Å². The smallest absolute Gasteiger partial charge is 0.273 e. The van der Waals surface area contributed by atoms with Crippen LogP contribution >= 0.6 is 11.3 Å². The molecule has 2 aliphatic rings. The number of rotatable bonds is 3. The summed E-state index contributed by atoms with van der Waals surface area (Å²) in [5.74, 6) is -0.101. The van der Waals surface area contributed by atoms with Gasteiger partial charge in [0, 0.05) is 49.1 Å². The second kappa shape index (κ2) is 5.69. The maximum Gasteiger partial charge on any atom is 0.273 e. The lowest BCUT2D eigenvalue weighted by Crippen LogP contribution is -2.57.